The zero-order valence-corrected chi connectivity index (χ0v) is 11.3. The summed E-state index contributed by atoms with van der Waals surface area (Å²) >= 11 is 0. The van der Waals surface area contributed by atoms with Crippen LogP contribution in [0.5, 0.6) is 5.75 Å². The Morgan fingerprint density at radius 3 is 2.89 bits per heavy atom. The molecular weight excluding hydrogens is 238 g/mol. The maximum absolute atomic E-state index is 6.10. The lowest BCUT2D eigenvalue weighted by atomic mass is 10.1. The van der Waals surface area contributed by atoms with Crippen molar-refractivity contribution in [3.05, 3.63) is 30.5 Å². The van der Waals surface area contributed by atoms with E-state index in [1.807, 2.05) is 35.1 Å². The van der Waals surface area contributed by atoms with Crippen LogP contribution in [0.15, 0.2) is 30.5 Å². The fraction of sp³-hybridized carbons (Fsp3) is 0.400. The summed E-state index contributed by atoms with van der Waals surface area (Å²) in [6.45, 7) is 2.21. The van der Waals surface area contributed by atoms with Crippen molar-refractivity contribution in [3.8, 4) is 17.0 Å². The topological polar surface area (TPSA) is 53.1 Å². The van der Waals surface area contributed by atoms with Crippen LogP contribution in [0.2, 0.25) is 0 Å². The molecule has 1 atom stereocenters. The van der Waals surface area contributed by atoms with Gasteiger partial charge in [0.2, 0.25) is 0 Å². The van der Waals surface area contributed by atoms with Gasteiger partial charge >= 0.3 is 0 Å². The Hall–Kier alpha value is -1.97. The Kier molecular flexibility index (Phi) is 2.93. The SMILES string of the molecule is COc1cccc(-c2nn(C(C)C3CC3)cc2N)c1. The lowest BCUT2D eigenvalue weighted by Gasteiger charge is -2.09. The summed E-state index contributed by atoms with van der Waals surface area (Å²) in [6, 6.07) is 8.28. The van der Waals surface area contributed by atoms with Crippen LogP contribution in [0.1, 0.15) is 25.8 Å². The van der Waals surface area contributed by atoms with E-state index in [0.717, 1.165) is 28.6 Å². The predicted molar refractivity (Wildman–Crippen MR) is 76.1 cm³/mol. The minimum absolute atomic E-state index is 0.432. The van der Waals surface area contributed by atoms with Crippen molar-refractivity contribution in [2.24, 2.45) is 5.92 Å². The number of benzene rings is 1. The number of nitrogens with two attached hydrogens (primary N) is 1. The highest BCUT2D eigenvalue weighted by atomic mass is 16.5. The van der Waals surface area contributed by atoms with E-state index in [-0.39, 0.29) is 0 Å². The van der Waals surface area contributed by atoms with Crippen LogP contribution >= 0.6 is 0 Å². The third-order valence-electron chi connectivity index (χ3n) is 3.82. The van der Waals surface area contributed by atoms with Gasteiger partial charge < -0.3 is 10.5 Å². The predicted octanol–water partition coefficient (Wildman–Crippen LogP) is 3.11. The first kappa shape index (κ1) is 12.1. The Balaban J connectivity index is 1.95. The molecule has 1 aliphatic rings. The van der Waals surface area contributed by atoms with E-state index >= 15 is 0 Å². The molecule has 0 saturated heterocycles. The van der Waals surface area contributed by atoms with Crippen molar-refractivity contribution in [1.29, 1.82) is 0 Å². The zero-order chi connectivity index (χ0) is 13.4. The second kappa shape index (κ2) is 4.61. The summed E-state index contributed by atoms with van der Waals surface area (Å²) < 4.78 is 7.25. The number of ether oxygens (including phenoxy) is 1. The summed E-state index contributed by atoms with van der Waals surface area (Å²) in [4.78, 5) is 0. The van der Waals surface area contributed by atoms with Gasteiger partial charge in [0.25, 0.3) is 0 Å². The number of nitrogen functional groups attached to an aromatic ring is 1. The molecule has 1 heterocycles. The minimum Gasteiger partial charge on any atom is -0.497 e. The molecule has 1 saturated carbocycles. The van der Waals surface area contributed by atoms with Gasteiger partial charge in [-0.05, 0) is 37.8 Å². The summed E-state index contributed by atoms with van der Waals surface area (Å²) in [5, 5.41) is 4.65. The Morgan fingerprint density at radius 2 is 2.21 bits per heavy atom. The summed E-state index contributed by atoms with van der Waals surface area (Å²) in [5.41, 5.74) is 8.66. The number of hydrogen-bond acceptors (Lipinski definition) is 3. The lowest BCUT2D eigenvalue weighted by molar-refractivity contribution is 0.415. The van der Waals surface area contributed by atoms with Crippen molar-refractivity contribution >= 4 is 5.69 Å². The van der Waals surface area contributed by atoms with Crippen molar-refractivity contribution in [1.82, 2.24) is 9.78 Å². The van der Waals surface area contributed by atoms with Gasteiger partial charge in [0.05, 0.1) is 18.8 Å². The first-order valence-corrected chi connectivity index (χ1v) is 6.68. The second-order valence-corrected chi connectivity index (χ2v) is 5.22. The van der Waals surface area contributed by atoms with Crippen molar-refractivity contribution in [3.63, 3.8) is 0 Å². The molecule has 3 rings (SSSR count). The largest absolute Gasteiger partial charge is 0.497 e. The smallest absolute Gasteiger partial charge is 0.119 e. The van der Waals surface area contributed by atoms with Crippen LogP contribution in [0.25, 0.3) is 11.3 Å². The van der Waals surface area contributed by atoms with E-state index in [1.54, 1.807) is 7.11 Å². The fourth-order valence-electron chi connectivity index (χ4n) is 2.40. The second-order valence-electron chi connectivity index (χ2n) is 5.22. The van der Waals surface area contributed by atoms with Gasteiger partial charge in [-0.3, -0.25) is 4.68 Å². The summed E-state index contributed by atoms with van der Waals surface area (Å²) in [7, 11) is 1.66. The number of nitrogens with zero attached hydrogens (tertiary/aromatic N) is 2. The monoisotopic (exact) mass is 257 g/mol. The normalized spacial score (nSPS) is 16.3. The maximum Gasteiger partial charge on any atom is 0.119 e. The Morgan fingerprint density at radius 1 is 1.42 bits per heavy atom. The van der Waals surface area contributed by atoms with E-state index < -0.39 is 0 Å². The van der Waals surface area contributed by atoms with Crippen LogP contribution in [0, 0.1) is 5.92 Å². The molecule has 0 aliphatic heterocycles. The third kappa shape index (κ3) is 2.30. The highest BCUT2D eigenvalue weighted by molar-refractivity contribution is 5.72. The van der Waals surface area contributed by atoms with Crippen LogP contribution in [0.3, 0.4) is 0 Å². The minimum atomic E-state index is 0.432. The molecule has 1 aliphatic carbocycles. The number of hydrogen-bond donors (Lipinski definition) is 1. The van der Waals surface area contributed by atoms with Crippen LogP contribution in [-0.4, -0.2) is 16.9 Å². The van der Waals surface area contributed by atoms with Crippen molar-refractivity contribution < 1.29 is 4.74 Å². The first-order chi connectivity index (χ1) is 9.19. The van der Waals surface area contributed by atoms with E-state index in [2.05, 4.69) is 12.0 Å². The molecule has 0 radical (unpaired) electrons. The van der Waals surface area contributed by atoms with E-state index in [0.29, 0.717) is 6.04 Å². The molecule has 4 heteroatoms. The summed E-state index contributed by atoms with van der Waals surface area (Å²) in [6.07, 6.45) is 4.54. The van der Waals surface area contributed by atoms with Gasteiger partial charge in [0, 0.05) is 11.8 Å². The molecule has 1 aromatic heterocycles. The molecular formula is C15H19N3O. The molecule has 1 fully saturated rings. The van der Waals surface area contributed by atoms with Crippen molar-refractivity contribution in [2.75, 3.05) is 12.8 Å². The molecule has 2 N–H and O–H groups in total. The van der Waals surface area contributed by atoms with E-state index in [4.69, 9.17) is 10.5 Å². The Labute approximate surface area is 113 Å². The van der Waals surface area contributed by atoms with Crippen LogP contribution < -0.4 is 10.5 Å². The third-order valence-corrected chi connectivity index (χ3v) is 3.82. The van der Waals surface area contributed by atoms with E-state index in [1.165, 1.54) is 12.8 Å². The molecule has 0 spiro atoms. The average Bonchev–Trinajstić information content (AvgIpc) is 3.21. The number of methoxy groups -OCH3 is 1. The zero-order valence-electron chi connectivity index (χ0n) is 11.3. The molecule has 0 amide bonds. The number of anilines is 1. The highest BCUT2D eigenvalue weighted by Gasteiger charge is 2.30. The van der Waals surface area contributed by atoms with E-state index in [9.17, 15) is 0 Å². The van der Waals surface area contributed by atoms with Crippen molar-refractivity contribution in [2.45, 2.75) is 25.8 Å². The molecule has 1 aromatic carbocycles. The maximum atomic E-state index is 6.10. The molecule has 0 bridgehead atoms. The number of aromatic nitrogens is 2. The standard InChI is InChI=1S/C15H19N3O/c1-10(11-6-7-11)18-9-14(16)15(17-18)12-4-3-5-13(8-12)19-2/h3-5,8-11H,6-7,16H2,1-2H3. The number of rotatable bonds is 4. The lowest BCUT2D eigenvalue weighted by Crippen LogP contribution is -2.07. The average molecular weight is 257 g/mol. The summed E-state index contributed by atoms with van der Waals surface area (Å²) in [5.74, 6) is 1.58. The van der Waals surface area contributed by atoms with Gasteiger partial charge in [-0.15, -0.1) is 0 Å². The molecule has 1 unspecified atom stereocenters. The van der Waals surface area contributed by atoms with Crippen LogP contribution in [0.4, 0.5) is 5.69 Å². The van der Waals surface area contributed by atoms with Gasteiger partial charge in [0.15, 0.2) is 0 Å². The Bertz CT molecular complexity index is 587. The highest BCUT2D eigenvalue weighted by Crippen LogP contribution is 2.40. The van der Waals surface area contributed by atoms with Gasteiger partial charge in [-0.25, -0.2) is 0 Å². The van der Waals surface area contributed by atoms with Gasteiger partial charge in [-0.1, -0.05) is 12.1 Å². The van der Waals surface area contributed by atoms with Gasteiger partial charge in [0.1, 0.15) is 11.4 Å². The molecule has 19 heavy (non-hydrogen) atoms. The fourth-order valence-corrected chi connectivity index (χ4v) is 2.40. The molecule has 2 aromatic rings. The molecule has 100 valence electrons. The first-order valence-electron chi connectivity index (χ1n) is 6.68. The molecule has 4 nitrogen and oxygen atoms in total. The quantitative estimate of drug-likeness (QED) is 0.915. The van der Waals surface area contributed by atoms with Crippen LogP contribution in [-0.2, 0) is 0 Å². The van der Waals surface area contributed by atoms with Gasteiger partial charge in [-0.2, -0.15) is 5.10 Å².